The summed E-state index contributed by atoms with van der Waals surface area (Å²) in [6.07, 6.45) is 0.403. The number of aliphatic hydroxyl groups is 2. The van der Waals surface area contributed by atoms with E-state index in [1.165, 1.54) is 12.4 Å². The van der Waals surface area contributed by atoms with Crippen LogP contribution in [0.3, 0.4) is 0 Å². The summed E-state index contributed by atoms with van der Waals surface area (Å²) in [5.74, 6) is 0. The van der Waals surface area contributed by atoms with Gasteiger partial charge in [-0.2, -0.15) is 0 Å². The second-order valence-corrected chi connectivity index (χ2v) is 3.58. The lowest BCUT2D eigenvalue weighted by Gasteiger charge is -2.18. The first-order valence-electron chi connectivity index (χ1n) is 3.93. The Balaban J connectivity index is 3.05. The van der Waals surface area contributed by atoms with Gasteiger partial charge in [-0.3, -0.25) is 4.98 Å². The van der Waals surface area contributed by atoms with Gasteiger partial charge in [-0.1, -0.05) is 23.2 Å². The van der Waals surface area contributed by atoms with Gasteiger partial charge in [0.15, 0.2) is 0 Å². The van der Waals surface area contributed by atoms with Crippen LogP contribution in [-0.2, 0) is 0 Å². The molecule has 14 heavy (non-hydrogen) atoms. The monoisotopic (exact) mass is 236 g/mol. The number of aromatic nitrogens is 1. The van der Waals surface area contributed by atoms with E-state index in [2.05, 4.69) is 4.98 Å². The topological polar surface area (TPSA) is 79.4 Å². The molecule has 2 unspecified atom stereocenters. The van der Waals surface area contributed by atoms with E-state index in [4.69, 9.17) is 28.9 Å². The van der Waals surface area contributed by atoms with Crippen LogP contribution in [0.25, 0.3) is 0 Å². The summed E-state index contributed by atoms with van der Waals surface area (Å²) in [6, 6.07) is 0. The molecular weight excluding hydrogens is 227 g/mol. The van der Waals surface area contributed by atoms with Gasteiger partial charge in [-0.25, -0.2) is 0 Å². The van der Waals surface area contributed by atoms with Crippen molar-refractivity contribution in [2.24, 2.45) is 5.73 Å². The molecule has 1 rings (SSSR count). The van der Waals surface area contributed by atoms with E-state index >= 15 is 0 Å². The van der Waals surface area contributed by atoms with Crippen LogP contribution in [0.2, 0.25) is 10.0 Å². The highest BCUT2D eigenvalue weighted by atomic mass is 35.5. The van der Waals surface area contributed by atoms with Crippen molar-refractivity contribution in [1.82, 2.24) is 4.98 Å². The molecule has 0 aliphatic carbocycles. The van der Waals surface area contributed by atoms with Gasteiger partial charge in [-0.05, 0) is 0 Å². The van der Waals surface area contributed by atoms with Crippen LogP contribution >= 0.6 is 23.2 Å². The summed E-state index contributed by atoms with van der Waals surface area (Å²) in [7, 11) is 0. The zero-order chi connectivity index (χ0) is 10.7. The molecule has 0 radical (unpaired) electrons. The van der Waals surface area contributed by atoms with Crippen LogP contribution in [0.15, 0.2) is 12.4 Å². The van der Waals surface area contributed by atoms with Gasteiger partial charge in [0.2, 0.25) is 0 Å². The van der Waals surface area contributed by atoms with E-state index in [1.807, 2.05) is 0 Å². The zero-order valence-electron chi connectivity index (χ0n) is 7.19. The first-order valence-corrected chi connectivity index (χ1v) is 4.68. The highest BCUT2D eigenvalue weighted by molar-refractivity contribution is 6.35. The molecule has 0 aliphatic heterocycles. The number of hydrogen-bond acceptors (Lipinski definition) is 4. The van der Waals surface area contributed by atoms with E-state index in [-0.39, 0.29) is 22.2 Å². The molecule has 1 aromatic rings. The normalized spacial score (nSPS) is 15.2. The van der Waals surface area contributed by atoms with Crippen LogP contribution in [0.5, 0.6) is 0 Å². The van der Waals surface area contributed by atoms with E-state index in [1.54, 1.807) is 0 Å². The summed E-state index contributed by atoms with van der Waals surface area (Å²) in [4.78, 5) is 3.72. The Kier molecular flexibility index (Phi) is 4.10. The molecule has 0 fully saturated rings. The number of halogens is 2. The zero-order valence-corrected chi connectivity index (χ0v) is 8.70. The van der Waals surface area contributed by atoms with Gasteiger partial charge in [0, 0.05) is 24.5 Å². The van der Waals surface area contributed by atoms with Crippen LogP contribution in [-0.4, -0.2) is 27.8 Å². The third-order valence-corrected chi connectivity index (χ3v) is 2.39. The Labute approximate surface area is 91.3 Å². The number of rotatable bonds is 3. The van der Waals surface area contributed by atoms with Crippen molar-refractivity contribution in [3.05, 3.63) is 28.0 Å². The minimum Gasteiger partial charge on any atom is -0.389 e. The molecule has 6 heteroatoms. The second-order valence-electron chi connectivity index (χ2n) is 2.76. The van der Waals surface area contributed by atoms with Crippen LogP contribution in [0.1, 0.15) is 11.7 Å². The van der Waals surface area contributed by atoms with E-state index in [0.717, 1.165) is 0 Å². The summed E-state index contributed by atoms with van der Waals surface area (Å²) in [6.45, 7) is -0.0733. The Bertz CT molecular complexity index is 302. The third-order valence-electron chi connectivity index (χ3n) is 1.79. The minimum absolute atomic E-state index is 0.0733. The quantitative estimate of drug-likeness (QED) is 0.724. The number of nitrogens with two attached hydrogens (primary N) is 1. The third kappa shape index (κ3) is 2.34. The van der Waals surface area contributed by atoms with E-state index in [9.17, 15) is 10.2 Å². The lowest BCUT2D eigenvalue weighted by Crippen LogP contribution is -2.27. The molecule has 0 aliphatic rings. The minimum atomic E-state index is -1.19. The van der Waals surface area contributed by atoms with Crippen LogP contribution in [0, 0.1) is 0 Å². The van der Waals surface area contributed by atoms with E-state index < -0.39 is 12.2 Å². The van der Waals surface area contributed by atoms with Crippen molar-refractivity contribution in [2.45, 2.75) is 12.2 Å². The Morgan fingerprint density at radius 1 is 1.29 bits per heavy atom. The van der Waals surface area contributed by atoms with Gasteiger partial charge in [0.25, 0.3) is 0 Å². The van der Waals surface area contributed by atoms with Crippen molar-refractivity contribution in [3.63, 3.8) is 0 Å². The number of pyridine rings is 1. The average Bonchev–Trinajstić information content (AvgIpc) is 2.16. The van der Waals surface area contributed by atoms with Crippen molar-refractivity contribution in [2.75, 3.05) is 6.54 Å². The van der Waals surface area contributed by atoms with Crippen LogP contribution < -0.4 is 5.73 Å². The van der Waals surface area contributed by atoms with Gasteiger partial charge < -0.3 is 15.9 Å². The number of hydrogen-bond donors (Lipinski definition) is 3. The first-order chi connectivity index (χ1) is 6.57. The standard InChI is InChI=1S/C8H10Cl2N2O2/c9-4-2-12-3-5(10)7(4)8(14)6(13)1-11/h2-3,6,8,13-14H,1,11H2. The molecule has 0 saturated carbocycles. The molecule has 0 spiro atoms. The molecule has 78 valence electrons. The lowest BCUT2D eigenvalue weighted by atomic mass is 10.1. The lowest BCUT2D eigenvalue weighted by molar-refractivity contribution is 0.0244. The predicted molar refractivity (Wildman–Crippen MR) is 54.3 cm³/mol. The molecule has 0 saturated heterocycles. The smallest absolute Gasteiger partial charge is 0.109 e. The molecule has 0 bridgehead atoms. The van der Waals surface area contributed by atoms with E-state index in [0.29, 0.717) is 0 Å². The molecule has 0 aromatic carbocycles. The summed E-state index contributed by atoms with van der Waals surface area (Å²) < 4.78 is 0. The van der Waals surface area contributed by atoms with Crippen molar-refractivity contribution >= 4 is 23.2 Å². The molecule has 0 amide bonds. The molecule has 1 heterocycles. The van der Waals surface area contributed by atoms with Crippen molar-refractivity contribution in [1.29, 1.82) is 0 Å². The highest BCUT2D eigenvalue weighted by Gasteiger charge is 2.22. The van der Waals surface area contributed by atoms with Gasteiger partial charge in [0.1, 0.15) is 6.10 Å². The largest absolute Gasteiger partial charge is 0.389 e. The SMILES string of the molecule is NCC(O)C(O)c1c(Cl)cncc1Cl. The fourth-order valence-electron chi connectivity index (χ4n) is 1.03. The molecule has 1 aromatic heterocycles. The molecular formula is C8H10Cl2N2O2. The van der Waals surface area contributed by atoms with Crippen molar-refractivity contribution in [3.8, 4) is 0 Å². The van der Waals surface area contributed by atoms with Crippen LogP contribution in [0.4, 0.5) is 0 Å². The molecule has 4 nitrogen and oxygen atoms in total. The summed E-state index contributed by atoms with van der Waals surface area (Å²) >= 11 is 11.5. The fourth-order valence-corrected chi connectivity index (χ4v) is 1.61. The number of nitrogens with zero attached hydrogens (tertiary/aromatic N) is 1. The van der Waals surface area contributed by atoms with Gasteiger partial charge in [-0.15, -0.1) is 0 Å². The Hall–Kier alpha value is -0.390. The fraction of sp³-hybridized carbons (Fsp3) is 0.375. The first kappa shape index (κ1) is 11.7. The predicted octanol–water partition coefficient (Wildman–Crippen LogP) is 0.741. The summed E-state index contributed by atoms with van der Waals surface area (Å²) in [5.41, 5.74) is 5.45. The maximum Gasteiger partial charge on any atom is 0.109 e. The van der Waals surface area contributed by atoms with Gasteiger partial charge >= 0.3 is 0 Å². The second kappa shape index (κ2) is 4.91. The van der Waals surface area contributed by atoms with Gasteiger partial charge in [0.05, 0.1) is 16.1 Å². The molecule has 2 atom stereocenters. The highest BCUT2D eigenvalue weighted by Crippen LogP contribution is 2.30. The molecule has 4 N–H and O–H groups in total. The number of aliphatic hydroxyl groups excluding tert-OH is 2. The average molecular weight is 237 g/mol. The maximum atomic E-state index is 9.62. The van der Waals surface area contributed by atoms with Crippen molar-refractivity contribution < 1.29 is 10.2 Å². The Morgan fingerprint density at radius 2 is 1.79 bits per heavy atom. The Morgan fingerprint density at radius 3 is 2.21 bits per heavy atom. The summed E-state index contributed by atoms with van der Waals surface area (Å²) in [5, 5.41) is 19.4. The maximum absolute atomic E-state index is 9.62.